The average Bonchev–Trinajstić information content (AvgIpc) is 2.64. The van der Waals surface area contributed by atoms with Crippen LogP contribution < -0.4 is 9.64 Å². The third-order valence-corrected chi connectivity index (χ3v) is 3.41. The molecule has 23 heavy (non-hydrogen) atoms. The van der Waals surface area contributed by atoms with Gasteiger partial charge in [-0.05, 0) is 36.4 Å². The van der Waals surface area contributed by atoms with E-state index in [1.807, 2.05) is 54.6 Å². The lowest BCUT2D eigenvalue weighted by atomic mass is 10.2. The third kappa shape index (κ3) is 3.21. The van der Waals surface area contributed by atoms with E-state index < -0.39 is 0 Å². The van der Waals surface area contributed by atoms with Crippen LogP contribution in [0.15, 0.2) is 79.0 Å². The predicted molar refractivity (Wildman–Crippen MR) is 90.1 cm³/mol. The number of benzene rings is 2. The number of methoxy groups -OCH3 is 1. The Kier molecular flexibility index (Phi) is 4.34. The number of pyridine rings is 1. The van der Waals surface area contributed by atoms with E-state index in [2.05, 4.69) is 4.98 Å². The van der Waals surface area contributed by atoms with Gasteiger partial charge in [-0.1, -0.05) is 30.3 Å². The van der Waals surface area contributed by atoms with Gasteiger partial charge in [0.25, 0.3) is 5.91 Å². The fourth-order valence-corrected chi connectivity index (χ4v) is 2.31. The van der Waals surface area contributed by atoms with E-state index in [0.29, 0.717) is 11.4 Å². The van der Waals surface area contributed by atoms with Gasteiger partial charge in [0.15, 0.2) is 0 Å². The van der Waals surface area contributed by atoms with Crippen LogP contribution in [0.4, 0.5) is 11.4 Å². The number of nitrogens with zero attached hydrogens (tertiary/aromatic N) is 2. The van der Waals surface area contributed by atoms with Crippen LogP contribution in [-0.2, 0) is 0 Å². The van der Waals surface area contributed by atoms with Crippen molar-refractivity contribution in [3.63, 3.8) is 0 Å². The molecule has 0 aliphatic carbocycles. The molecule has 114 valence electrons. The van der Waals surface area contributed by atoms with E-state index in [-0.39, 0.29) is 5.91 Å². The van der Waals surface area contributed by atoms with Gasteiger partial charge in [0.1, 0.15) is 11.4 Å². The molecular weight excluding hydrogens is 288 g/mol. The molecule has 0 fully saturated rings. The largest absolute Gasteiger partial charge is 0.497 e. The highest BCUT2D eigenvalue weighted by atomic mass is 16.5. The average molecular weight is 304 g/mol. The second-order valence-corrected chi connectivity index (χ2v) is 4.89. The predicted octanol–water partition coefficient (Wildman–Crippen LogP) is 4.07. The van der Waals surface area contributed by atoms with Gasteiger partial charge in [0.05, 0.1) is 12.8 Å². The fourth-order valence-electron chi connectivity index (χ4n) is 2.31. The van der Waals surface area contributed by atoms with Crippen molar-refractivity contribution in [1.82, 2.24) is 4.98 Å². The molecule has 4 nitrogen and oxygen atoms in total. The number of carbonyl (C=O) groups is 1. The zero-order valence-corrected chi connectivity index (χ0v) is 12.7. The summed E-state index contributed by atoms with van der Waals surface area (Å²) in [5, 5.41) is 0. The van der Waals surface area contributed by atoms with E-state index in [0.717, 1.165) is 11.4 Å². The molecule has 0 saturated heterocycles. The molecule has 1 heterocycles. The molecule has 0 N–H and O–H groups in total. The zero-order valence-electron chi connectivity index (χ0n) is 12.7. The normalized spacial score (nSPS) is 10.1. The molecule has 0 atom stereocenters. The Bertz CT molecular complexity index is 789. The summed E-state index contributed by atoms with van der Waals surface area (Å²) in [4.78, 5) is 18.8. The van der Waals surface area contributed by atoms with E-state index in [1.54, 1.807) is 36.4 Å². The Hall–Kier alpha value is -3.14. The number of carbonyl (C=O) groups excluding carboxylic acids is 1. The minimum Gasteiger partial charge on any atom is -0.497 e. The first-order chi connectivity index (χ1) is 11.3. The quantitative estimate of drug-likeness (QED) is 0.729. The number of aromatic nitrogens is 1. The summed E-state index contributed by atoms with van der Waals surface area (Å²) in [5.41, 5.74) is 1.89. The number of anilines is 2. The van der Waals surface area contributed by atoms with Crippen molar-refractivity contribution in [2.45, 2.75) is 0 Å². The van der Waals surface area contributed by atoms with Crippen molar-refractivity contribution >= 4 is 17.3 Å². The third-order valence-electron chi connectivity index (χ3n) is 3.41. The number of para-hydroxylation sites is 1. The summed E-state index contributed by atoms with van der Waals surface area (Å²) in [7, 11) is 1.60. The van der Waals surface area contributed by atoms with E-state index in [9.17, 15) is 4.79 Å². The maximum atomic E-state index is 13.0. The SMILES string of the molecule is COc1cccc(N(C(=O)c2ccccn2)c2ccccc2)c1. The van der Waals surface area contributed by atoms with Gasteiger partial charge >= 0.3 is 0 Å². The van der Waals surface area contributed by atoms with Gasteiger partial charge in [-0.2, -0.15) is 0 Å². The van der Waals surface area contributed by atoms with Gasteiger partial charge < -0.3 is 4.74 Å². The smallest absolute Gasteiger partial charge is 0.281 e. The zero-order chi connectivity index (χ0) is 16.1. The van der Waals surface area contributed by atoms with Gasteiger partial charge in [-0.25, -0.2) is 0 Å². The lowest BCUT2D eigenvalue weighted by molar-refractivity contribution is 0.0994. The van der Waals surface area contributed by atoms with Crippen molar-refractivity contribution in [3.8, 4) is 5.75 Å². The molecule has 0 unspecified atom stereocenters. The highest BCUT2D eigenvalue weighted by Gasteiger charge is 2.20. The van der Waals surface area contributed by atoms with Gasteiger partial charge in [0, 0.05) is 18.0 Å². The van der Waals surface area contributed by atoms with Gasteiger partial charge in [0.2, 0.25) is 0 Å². The number of hydrogen-bond acceptors (Lipinski definition) is 3. The van der Waals surface area contributed by atoms with Crippen LogP contribution in [0.1, 0.15) is 10.5 Å². The molecule has 3 aromatic rings. The number of ether oxygens (including phenoxy) is 1. The van der Waals surface area contributed by atoms with Crippen LogP contribution in [0.2, 0.25) is 0 Å². The lowest BCUT2D eigenvalue weighted by Crippen LogP contribution is -2.26. The second kappa shape index (κ2) is 6.75. The maximum Gasteiger partial charge on any atom is 0.281 e. The first-order valence-corrected chi connectivity index (χ1v) is 7.24. The van der Waals surface area contributed by atoms with Crippen molar-refractivity contribution in [3.05, 3.63) is 84.7 Å². The molecule has 1 amide bonds. The van der Waals surface area contributed by atoms with Crippen LogP contribution in [0.25, 0.3) is 0 Å². The Morgan fingerprint density at radius 2 is 1.65 bits per heavy atom. The Balaban J connectivity index is 2.09. The van der Waals surface area contributed by atoms with E-state index in [4.69, 9.17) is 4.74 Å². The van der Waals surface area contributed by atoms with Crippen molar-refractivity contribution in [2.75, 3.05) is 12.0 Å². The summed E-state index contributed by atoms with van der Waals surface area (Å²) >= 11 is 0. The summed E-state index contributed by atoms with van der Waals surface area (Å²) in [6.07, 6.45) is 1.61. The Labute approximate surface area is 135 Å². The second-order valence-electron chi connectivity index (χ2n) is 4.89. The fraction of sp³-hybridized carbons (Fsp3) is 0.0526. The molecule has 0 spiro atoms. The van der Waals surface area contributed by atoms with Crippen LogP contribution in [-0.4, -0.2) is 18.0 Å². The first-order valence-electron chi connectivity index (χ1n) is 7.24. The molecule has 0 bridgehead atoms. The van der Waals surface area contributed by atoms with Gasteiger partial charge in [-0.3, -0.25) is 14.7 Å². The highest BCUT2D eigenvalue weighted by Crippen LogP contribution is 2.29. The maximum absolute atomic E-state index is 13.0. The molecule has 3 rings (SSSR count). The molecule has 4 heteroatoms. The number of amides is 1. The molecule has 0 saturated carbocycles. The minimum absolute atomic E-state index is 0.190. The number of hydrogen-bond donors (Lipinski definition) is 0. The molecule has 2 aromatic carbocycles. The Morgan fingerprint density at radius 3 is 2.35 bits per heavy atom. The standard InChI is InChI=1S/C19H16N2O2/c1-23-17-11-7-10-16(14-17)21(15-8-3-2-4-9-15)19(22)18-12-5-6-13-20-18/h2-14H,1H3. The highest BCUT2D eigenvalue weighted by molar-refractivity contribution is 6.09. The molecule has 0 radical (unpaired) electrons. The first kappa shape index (κ1) is 14.8. The number of rotatable bonds is 4. The lowest BCUT2D eigenvalue weighted by Gasteiger charge is -2.23. The van der Waals surface area contributed by atoms with Crippen LogP contribution in [0.3, 0.4) is 0 Å². The topological polar surface area (TPSA) is 42.4 Å². The van der Waals surface area contributed by atoms with Crippen LogP contribution in [0, 0.1) is 0 Å². The van der Waals surface area contributed by atoms with Crippen molar-refractivity contribution in [1.29, 1.82) is 0 Å². The van der Waals surface area contributed by atoms with E-state index >= 15 is 0 Å². The Morgan fingerprint density at radius 1 is 0.913 bits per heavy atom. The van der Waals surface area contributed by atoms with Crippen molar-refractivity contribution < 1.29 is 9.53 Å². The van der Waals surface area contributed by atoms with E-state index in [1.165, 1.54) is 0 Å². The molecule has 1 aromatic heterocycles. The van der Waals surface area contributed by atoms with Gasteiger partial charge in [-0.15, -0.1) is 0 Å². The summed E-state index contributed by atoms with van der Waals surface area (Å²) < 4.78 is 5.27. The summed E-state index contributed by atoms with van der Waals surface area (Å²) in [6, 6.07) is 22.2. The summed E-state index contributed by atoms with van der Waals surface area (Å²) in [5.74, 6) is 0.502. The molecule has 0 aliphatic heterocycles. The molecular formula is C19H16N2O2. The minimum atomic E-state index is -0.190. The monoisotopic (exact) mass is 304 g/mol. The van der Waals surface area contributed by atoms with Crippen molar-refractivity contribution in [2.24, 2.45) is 0 Å². The van der Waals surface area contributed by atoms with Crippen LogP contribution >= 0.6 is 0 Å². The molecule has 0 aliphatic rings. The van der Waals surface area contributed by atoms with Crippen LogP contribution in [0.5, 0.6) is 5.75 Å². The summed E-state index contributed by atoms with van der Waals surface area (Å²) in [6.45, 7) is 0.